The van der Waals surface area contributed by atoms with Crippen molar-refractivity contribution in [1.29, 1.82) is 0 Å². The lowest BCUT2D eigenvalue weighted by atomic mass is 9.90. The molecule has 2 aromatic carbocycles. The van der Waals surface area contributed by atoms with Crippen LogP contribution in [-0.4, -0.2) is 52.2 Å². The maximum atomic E-state index is 14.3. The fourth-order valence-corrected chi connectivity index (χ4v) is 4.04. The van der Waals surface area contributed by atoms with Gasteiger partial charge in [-0.1, -0.05) is 32.9 Å². The molecule has 3 N–H and O–H groups in total. The van der Waals surface area contributed by atoms with Crippen molar-refractivity contribution < 1.29 is 29.0 Å². The third kappa shape index (κ3) is 8.63. The van der Waals surface area contributed by atoms with Gasteiger partial charge < -0.3 is 30.1 Å². The number of phenols is 1. The van der Waals surface area contributed by atoms with Crippen molar-refractivity contribution in [3.63, 3.8) is 0 Å². The van der Waals surface area contributed by atoms with E-state index >= 15 is 0 Å². The monoisotopic (exact) mass is 541 g/mol. The summed E-state index contributed by atoms with van der Waals surface area (Å²) in [5.74, 6) is -0.630. The van der Waals surface area contributed by atoms with E-state index in [1.807, 2.05) is 34.6 Å². The molecule has 9 nitrogen and oxygen atoms in total. The van der Waals surface area contributed by atoms with E-state index in [1.165, 1.54) is 17.0 Å². The van der Waals surface area contributed by atoms with Crippen LogP contribution in [0.5, 0.6) is 11.5 Å². The molecule has 0 aromatic heterocycles. The average Bonchev–Trinajstić information content (AvgIpc) is 2.84. The molecule has 0 heterocycles. The molecule has 2 rings (SSSR count). The quantitative estimate of drug-likeness (QED) is 0.358. The highest BCUT2D eigenvalue weighted by atomic mass is 16.6. The number of carbonyl (C=O) groups is 3. The second-order valence-electron chi connectivity index (χ2n) is 11.5. The van der Waals surface area contributed by atoms with E-state index in [1.54, 1.807) is 64.3 Å². The molecule has 0 aliphatic heterocycles. The Balaban J connectivity index is 2.61. The van der Waals surface area contributed by atoms with Crippen molar-refractivity contribution in [2.75, 3.05) is 12.4 Å². The lowest BCUT2D eigenvalue weighted by molar-refractivity contribution is -0.148. The van der Waals surface area contributed by atoms with Crippen molar-refractivity contribution >= 4 is 23.6 Å². The van der Waals surface area contributed by atoms with E-state index < -0.39 is 41.1 Å². The van der Waals surface area contributed by atoms with Gasteiger partial charge in [0.25, 0.3) is 5.91 Å². The number of aromatic hydroxyl groups is 1. The summed E-state index contributed by atoms with van der Waals surface area (Å²) in [6.07, 6.45) is -0.207. The van der Waals surface area contributed by atoms with Gasteiger partial charge in [0.15, 0.2) is 0 Å². The Morgan fingerprint density at radius 2 is 1.62 bits per heavy atom. The minimum Gasteiger partial charge on any atom is -0.508 e. The van der Waals surface area contributed by atoms with Crippen molar-refractivity contribution in [1.82, 2.24) is 10.2 Å². The minimum atomic E-state index is -1.12. The summed E-state index contributed by atoms with van der Waals surface area (Å²) in [7, 11) is 1.55. The summed E-state index contributed by atoms with van der Waals surface area (Å²) < 4.78 is 10.6. The number of amides is 3. The molecule has 0 bridgehead atoms. The predicted molar refractivity (Wildman–Crippen MR) is 152 cm³/mol. The fraction of sp³-hybridized carbons (Fsp3) is 0.500. The van der Waals surface area contributed by atoms with Crippen LogP contribution < -0.4 is 15.4 Å². The van der Waals surface area contributed by atoms with E-state index in [4.69, 9.17) is 9.47 Å². The first-order chi connectivity index (χ1) is 18.1. The second kappa shape index (κ2) is 12.9. The van der Waals surface area contributed by atoms with Gasteiger partial charge >= 0.3 is 6.09 Å². The highest BCUT2D eigenvalue weighted by molar-refractivity contribution is 5.99. The van der Waals surface area contributed by atoms with E-state index in [-0.39, 0.29) is 11.7 Å². The number of nitrogens with one attached hydrogen (secondary N) is 2. The molecule has 0 aliphatic carbocycles. The summed E-state index contributed by atoms with van der Waals surface area (Å²) in [6.45, 7) is 14.5. The zero-order valence-electron chi connectivity index (χ0n) is 24.5. The van der Waals surface area contributed by atoms with Crippen LogP contribution >= 0.6 is 0 Å². The number of carbonyl (C=O) groups excluding carboxylic acids is 3. The van der Waals surface area contributed by atoms with Gasteiger partial charge in [-0.05, 0) is 88.9 Å². The molecule has 3 amide bonds. The Bertz CT molecular complexity index is 1140. The maximum Gasteiger partial charge on any atom is 0.408 e. The zero-order chi connectivity index (χ0) is 29.5. The summed E-state index contributed by atoms with van der Waals surface area (Å²) in [5, 5.41) is 15.9. The minimum absolute atomic E-state index is 0.0382. The molecule has 2 atom stereocenters. The van der Waals surface area contributed by atoms with Crippen molar-refractivity contribution in [2.24, 2.45) is 5.92 Å². The average molecular weight is 542 g/mol. The summed E-state index contributed by atoms with van der Waals surface area (Å²) in [6, 6.07) is 11.0. The van der Waals surface area contributed by atoms with E-state index in [9.17, 15) is 19.5 Å². The SMILES string of the molecule is CCC(C)(C)N(C(=O)C(NC(=O)OC(C)(C)C)C(C)C)C(C(=O)Nc1ccc(OC)cc1)c1cccc(O)c1. The Kier molecular flexibility index (Phi) is 10.4. The number of phenolic OH excluding ortho intramolecular Hbond substituents is 1. The van der Waals surface area contributed by atoms with Crippen LogP contribution in [-0.2, 0) is 14.3 Å². The summed E-state index contributed by atoms with van der Waals surface area (Å²) in [5.41, 5.74) is -0.623. The Morgan fingerprint density at radius 3 is 2.10 bits per heavy atom. The van der Waals surface area contributed by atoms with E-state index in [0.717, 1.165) is 0 Å². The number of benzene rings is 2. The van der Waals surface area contributed by atoms with Gasteiger partial charge in [0.1, 0.15) is 29.2 Å². The van der Waals surface area contributed by atoms with Gasteiger partial charge in [0, 0.05) is 11.2 Å². The molecular weight excluding hydrogens is 498 g/mol. The van der Waals surface area contributed by atoms with Gasteiger partial charge in [0.2, 0.25) is 5.91 Å². The number of nitrogens with zero attached hydrogens (tertiary/aromatic N) is 1. The topological polar surface area (TPSA) is 117 Å². The predicted octanol–water partition coefficient (Wildman–Crippen LogP) is 5.65. The van der Waals surface area contributed by atoms with E-state index in [0.29, 0.717) is 23.4 Å². The van der Waals surface area contributed by atoms with Crippen LogP contribution in [0.25, 0.3) is 0 Å². The first-order valence-corrected chi connectivity index (χ1v) is 13.2. The van der Waals surface area contributed by atoms with Crippen molar-refractivity contribution in [3.05, 3.63) is 54.1 Å². The normalized spacial score (nSPS) is 13.3. The van der Waals surface area contributed by atoms with Gasteiger partial charge in [0.05, 0.1) is 7.11 Å². The first kappa shape index (κ1) is 31.5. The van der Waals surface area contributed by atoms with Crippen LogP contribution in [0.15, 0.2) is 48.5 Å². The number of anilines is 1. The molecule has 39 heavy (non-hydrogen) atoms. The third-order valence-electron chi connectivity index (χ3n) is 6.41. The first-order valence-electron chi connectivity index (χ1n) is 13.2. The van der Waals surface area contributed by atoms with Gasteiger partial charge in [-0.15, -0.1) is 0 Å². The number of alkyl carbamates (subject to hydrolysis) is 1. The molecule has 2 aromatic rings. The molecule has 0 radical (unpaired) electrons. The molecule has 0 aliphatic rings. The summed E-state index contributed by atoms with van der Waals surface area (Å²) in [4.78, 5) is 42.5. The molecule has 214 valence electrons. The number of hydrogen-bond acceptors (Lipinski definition) is 6. The lowest BCUT2D eigenvalue weighted by Gasteiger charge is -2.45. The number of methoxy groups -OCH3 is 1. The van der Waals surface area contributed by atoms with Gasteiger partial charge in [-0.2, -0.15) is 0 Å². The fourth-order valence-electron chi connectivity index (χ4n) is 4.04. The maximum absolute atomic E-state index is 14.3. The molecule has 0 saturated heterocycles. The Hall–Kier alpha value is -3.75. The molecule has 0 fully saturated rings. The lowest BCUT2D eigenvalue weighted by Crippen LogP contribution is -2.60. The van der Waals surface area contributed by atoms with E-state index in [2.05, 4.69) is 10.6 Å². The number of rotatable bonds is 10. The highest BCUT2D eigenvalue weighted by Gasteiger charge is 2.44. The third-order valence-corrected chi connectivity index (χ3v) is 6.41. The number of ether oxygens (including phenoxy) is 2. The Morgan fingerprint density at radius 1 is 1.00 bits per heavy atom. The number of hydrogen-bond donors (Lipinski definition) is 3. The molecular formula is C30H43N3O6. The largest absolute Gasteiger partial charge is 0.508 e. The van der Waals surface area contributed by atoms with Crippen LogP contribution in [0.3, 0.4) is 0 Å². The van der Waals surface area contributed by atoms with Gasteiger partial charge in [-0.25, -0.2) is 4.79 Å². The molecule has 9 heteroatoms. The van der Waals surface area contributed by atoms with Crippen molar-refractivity contribution in [2.45, 2.75) is 85.0 Å². The van der Waals surface area contributed by atoms with Crippen LogP contribution in [0.1, 0.15) is 73.4 Å². The molecule has 0 spiro atoms. The van der Waals surface area contributed by atoms with Gasteiger partial charge in [-0.3, -0.25) is 9.59 Å². The smallest absolute Gasteiger partial charge is 0.408 e. The summed E-state index contributed by atoms with van der Waals surface area (Å²) >= 11 is 0. The zero-order valence-corrected chi connectivity index (χ0v) is 24.5. The highest BCUT2D eigenvalue weighted by Crippen LogP contribution is 2.34. The standard InChI is InChI=1S/C30H43N3O6/c1-10-30(7,8)33(27(36)24(19(2)3)32-28(37)39-29(4,5)6)25(20-12-11-13-22(34)18-20)26(35)31-21-14-16-23(38-9)17-15-21/h11-19,24-25,34H,10H2,1-9H3,(H,31,35)(H,32,37). The second-order valence-corrected chi connectivity index (χ2v) is 11.5. The molecule has 0 saturated carbocycles. The van der Waals surface area contributed by atoms with Crippen LogP contribution in [0.2, 0.25) is 0 Å². The van der Waals surface area contributed by atoms with Crippen molar-refractivity contribution in [3.8, 4) is 11.5 Å². The van der Waals surface area contributed by atoms with Crippen LogP contribution in [0.4, 0.5) is 10.5 Å². The Labute approximate surface area is 231 Å². The van der Waals surface area contributed by atoms with Crippen LogP contribution in [0, 0.1) is 5.92 Å². The molecule has 2 unspecified atom stereocenters.